The van der Waals surface area contributed by atoms with Crippen molar-refractivity contribution >= 4 is 10.9 Å². The van der Waals surface area contributed by atoms with E-state index in [1.807, 2.05) is 0 Å². The standard InChI is InChI=1S/C20H30N2/c1-8-15(4)21-12-16-11-19(20(5,6)7)22-18-10-14(3)13(2)9-17(16)18/h9-11,15,21H,8,12H2,1-7H3. The highest BCUT2D eigenvalue weighted by molar-refractivity contribution is 5.84. The third-order valence-corrected chi connectivity index (χ3v) is 4.53. The summed E-state index contributed by atoms with van der Waals surface area (Å²) in [7, 11) is 0. The van der Waals surface area contributed by atoms with E-state index in [1.54, 1.807) is 0 Å². The number of aryl methyl sites for hydroxylation is 2. The Bertz CT molecular complexity index is 665. The highest BCUT2D eigenvalue weighted by Gasteiger charge is 2.18. The number of fused-ring (bicyclic) bond motifs is 1. The smallest absolute Gasteiger partial charge is 0.0711 e. The summed E-state index contributed by atoms with van der Waals surface area (Å²) < 4.78 is 0. The highest BCUT2D eigenvalue weighted by Crippen LogP contribution is 2.28. The molecule has 0 aliphatic rings. The first-order valence-electron chi connectivity index (χ1n) is 8.37. The van der Waals surface area contributed by atoms with Gasteiger partial charge >= 0.3 is 0 Å². The second-order valence-electron chi connectivity index (χ2n) is 7.56. The lowest BCUT2D eigenvalue weighted by Gasteiger charge is -2.21. The van der Waals surface area contributed by atoms with Crippen molar-refractivity contribution in [2.75, 3.05) is 0 Å². The van der Waals surface area contributed by atoms with Crippen molar-refractivity contribution in [3.05, 3.63) is 40.6 Å². The van der Waals surface area contributed by atoms with Crippen molar-refractivity contribution in [2.24, 2.45) is 0 Å². The van der Waals surface area contributed by atoms with Crippen LogP contribution in [0.3, 0.4) is 0 Å². The Labute approximate surface area is 135 Å². The predicted molar refractivity (Wildman–Crippen MR) is 96.5 cm³/mol. The van der Waals surface area contributed by atoms with Crippen LogP contribution in [0.2, 0.25) is 0 Å². The predicted octanol–water partition coefficient (Wildman–Crippen LogP) is 5.04. The number of hydrogen-bond donors (Lipinski definition) is 1. The Balaban J connectivity index is 2.56. The van der Waals surface area contributed by atoms with Gasteiger partial charge in [0.2, 0.25) is 0 Å². The molecule has 0 aliphatic heterocycles. The van der Waals surface area contributed by atoms with Crippen molar-refractivity contribution in [3.8, 4) is 0 Å². The molecule has 1 aromatic heterocycles. The molecule has 0 amide bonds. The average molecular weight is 298 g/mol. The van der Waals surface area contributed by atoms with Gasteiger partial charge in [0, 0.05) is 29.1 Å². The molecule has 1 aromatic carbocycles. The maximum atomic E-state index is 4.93. The molecule has 120 valence electrons. The Morgan fingerprint density at radius 3 is 2.32 bits per heavy atom. The second-order valence-corrected chi connectivity index (χ2v) is 7.56. The van der Waals surface area contributed by atoms with Crippen molar-refractivity contribution in [3.63, 3.8) is 0 Å². The summed E-state index contributed by atoms with van der Waals surface area (Å²) in [5.41, 5.74) is 6.37. The van der Waals surface area contributed by atoms with Crippen molar-refractivity contribution < 1.29 is 0 Å². The average Bonchev–Trinajstić information content (AvgIpc) is 2.44. The van der Waals surface area contributed by atoms with Crippen LogP contribution < -0.4 is 5.32 Å². The molecule has 0 fully saturated rings. The van der Waals surface area contributed by atoms with Gasteiger partial charge in [-0.15, -0.1) is 0 Å². The maximum Gasteiger partial charge on any atom is 0.0711 e. The van der Waals surface area contributed by atoms with E-state index in [2.05, 4.69) is 72.0 Å². The van der Waals surface area contributed by atoms with Crippen LogP contribution in [0.1, 0.15) is 63.4 Å². The number of rotatable bonds is 4. The van der Waals surface area contributed by atoms with Gasteiger partial charge in [0.25, 0.3) is 0 Å². The number of aromatic nitrogens is 1. The zero-order valence-corrected chi connectivity index (χ0v) is 15.2. The van der Waals surface area contributed by atoms with E-state index in [0.717, 1.165) is 18.5 Å². The molecule has 0 saturated carbocycles. The third kappa shape index (κ3) is 3.67. The Kier molecular flexibility index (Phi) is 4.91. The number of pyridine rings is 1. The zero-order chi connectivity index (χ0) is 16.5. The molecule has 1 heterocycles. The van der Waals surface area contributed by atoms with Gasteiger partial charge < -0.3 is 5.32 Å². The van der Waals surface area contributed by atoms with E-state index in [9.17, 15) is 0 Å². The van der Waals surface area contributed by atoms with Crippen LogP contribution in [0.15, 0.2) is 18.2 Å². The van der Waals surface area contributed by atoms with Crippen LogP contribution in [0, 0.1) is 13.8 Å². The van der Waals surface area contributed by atoms with Gasteiger partial charge in [-0.1, -0.05) is 27.7 Å². The molecule has 2 aromatic rings. The van der Waals surface area contributed by atoms with Gasteiger partial charge in [-0.2, -0.15) is 0 Å². The number of hydrogen-bond acceptors (Lipinski definition) is 2. The van der Waals surface area contributed by atoms with Gasteiger partial charge in [-0.05, 0) is 62.1 Å². The molecule has 0 bridgehead atoms. The lowest BCUT2D eigenvalue weighted by Crippen LogP contribution is -2.25. The van der Waals surface area contributed by atoms with Crippen LogP contribution in [-0.2, 0) is 12.0 Å². The second kappa shape index (κ2) is 6.37. The Morgan fingerprint density at radius 1 is 1.09 bits per heavy atom. The van der Waals surface area contributed by atoms with Crippen LogP contribution in [0.25, 0.3) is 10.9 Å². The summed E-state index contributed by atoms with van der Waals surface area (Å²) in [6.45, 7) is 16.4. The van der Waals surface area contributed by atoms with Gasteiger partial charge in [-0.3, -0.25) is 4.98 Å². The molecule has 1 atom stereocenters. The fourth-order valence-corrected chi connectivity index (χ4v) is 2.51. The van der Waals surface area contributed by atoms with Crippen molar-refractivity contribution in [2.45, 2.75) is 72.9 Å². The zero-order valence-electron chi connectivity index (χ0n) is 15.2. The molecule has 0 aliphatic carbocycles. The molecular weight excluding hydrogens is 268 g/mol. The molecule has 0 radical (unpaired) electrons. The van der Waals surface area contributed by atoms with E-state index in [4.69, 9.17) is 4.98 Å². The first kappa shape index (κ1) is 17.0. The molecular formula is C20H30N2. The molecule has 0 saturated heterocycles. The molecule has 1 unspecified atom stereocenters. The summed E-state index contributed by atoms with van der Waals surface area (Å²) >= 11 is 0. The fraction of sp³-hybridized carbons (Fsp3) is 0.550. The van der Waals surface area contributed by atoms with Crippen LogP contribution >= 0.6 is 0 Å². The number of nitrogens with zero attached hydrogens (tertiary/aromatic N) is 1. The van der Waals surface area contributed by atoms with E-state index >= 15 is 0 Å². The molecule has 22 heavy (non-hydrogen) atoms. The minimum Gasteiger partial charge on any atom is -0.310 e. The Morgan fingerprint density at radius 2 is 1.73 bits per heavy atom. The van der Waals surface area contributed by atoms with Gasteiger partial charge in [0.15, 0.2) is 0 Å². The Hall–Kier alpha value is -1.41. The van der Waals surface area contributed by atoms with E-state index in [1.165, 1.54) is 27.8 Å². The topological polar surface area (TPSA) is 24.9 Å². The van der Waals surface area contributed by atoms with Gasteiger partial charge in [-0.25, -0.2) is 0 Å². The molecule has 1 N–H and O–H groups in total. The lowest BCUT2D eigenvalue weighted by atomic mass is 9.89. The van der Waals surface area contributed by atoms with Crippen molar-refractivity contribution in [1.82, 2.24) is 10.3 Å². The molecule has 2 heteroatoms. The normalized spacial score (nSPS) is 13.6. The minimum atomic E-state index is 0.0676. The van der Waals surface area contributed by atoms with E-state index in [-0.39, 0.29) is 5.41 Å². The summed E-state index contributed by atoms with van der Waals surface area (Å²) in [4.78, 5) is 4.93. The minimum absolute atomic E-state index is 0.0676. The summed E-state index contributed by atoms with van der Waals surface area (Å²) in [6.07, 6.45) is 1.15. The fourth-order valence-electron chi connectivity index (χ4n) is 2.51. The number of benzene rings is 1. The van der Waals surface area contributed by atoms with Crippen molar-refractivity contribution in [1.29, 1.82) is 0 Å². The van der Waals surface area contributed by atoms with E-state index < -0.39 is 0 Å². The highest BCUT2D eigenvalue weighted by atomic mass is 14.9. The van der Waals surface area contributed by atoms with Crippen LogP contribution in [0.5, 0.6) is 0 Å². The van der Waals surface area contributed by atoms with Crippen LogP contribution in [0.4, 0.5) is 0 Å². The SMILES string of the molecule is CCC(C)NCc1cc(C(C)(C)C)nc2cc(C)c(C)cc12. The third-order valence-electron chi connectivity index (χ3n) is 4.53. The quantitative estimate of drug-likeness (QED) is 0.855. The first-order valence-corrected chi connectivity index (χ1v) is 8.37. The van der Waals surface area contributed by atoms with Crippen LogP contribution in [-0.4, -0.2) is 11.0 Å². The largest absolute Gasteiger partial charge is 0.310 e. The molecule has 2 rings (SSSR count). The summed E-state index contributed by atoms with van der Waals surface area (Å²) in [5.74, 6) is 0. The van der Waals surface area contributed by atoms with E-state index in [0.29, 0.717) is 6.04 Å². The number of nitrogens with one attached hydrogen (secondary N) is 1. The monoisotopic (exact) mass is 298 g/mol. The lowest BCUT2D eigenvalue weighted by molar-refractivity contribution is 0.532. The first-order chi connectivity index (χ1) is 10.2. The summed E-state index contributed by atoms with van der Waals surface area (Å²) in [6, 6.07) is 7.34. The van der Waals surface area contributed by atoms with Gasteiger partial charge in [0.05, 0.1) is 5.52 Å². The van der Waals surface area contributed by atoms with Gasteiger partial charge in [0.1, 0.15) is 0 Å². The molecule has 2 nitrogen and oxygen atoms in total. The summed E-state index contributed by atoms with van der Waals surface area (Å²) in [5, 5.41) is 4.91. The molecule has 0 spiro atoms. The maximum absolute atomic E-state index is 4.93.